The molecule has 1 amide bonds. The summed E-state index contributed by atoms with van der Waals surface area (Å²) >= 11 is 17.5. The Morgan fingerprint density at radius 3 is 2.58 bits per heavy atom. The van der Waals surface area contributed by atoms with Gasteiger partial charge in [-0.2, -0.15) is 0 Å². The number of carbonyl (C=O) groups is 1. The SMILES string of the molecule is Cc1ccc(C(C)C)c(OCC(=O)NC(=S)Nc2ccc(Cc3nc4cc(Cl)cc(Cl)c4o3)cc2)c1. The number of fused-ring (bicyclic) bond motifs is 1. The molecule has 1 heterocycles. The number of ether oxygens (including phenoxy) is 1. The van der Waals surface area contributed by atoms with Crippen LogP contribution in [0.1, 0.15) is 42.3 Å². The lowest BCUT2D eigenvalue weighted by Crippen LogP contribution is -2.37. The average molecular weight is 542 g/mol. The van der Waals surface area contributed by atoms with Crippen molar-refractivity contribution >= 4 is 63.2 Å². The molecule has 0 bridgehead atoms. The number of benzene rings is 3. The number of aromatic nitrogens is 1. The lowest BCUT2D eigenvalue weighted by molar-refractivity contribution is -0.121. The summed E-state index contributed by atoms with van der Waals surface area (Å²) in [5.74, 6) is 1.19. The van der Waals surface area contributed by atoms with Gasteiger partial charge in [-0.05, 0) is 72.1 Å². The molecule has 0 aliphatic rings. The summed E-state index contributed by atoms with van der Waals surface area (Å²) < 4.78 is 11.6. The number of nitrogens with zero attached hydrogens (tertiary/aromatic N) is 1. The monoisotopic (exact) mass is 541 g/mol. The Kier molecular flexibility index (Phi) is 8.14. The van der Waals surface area contributed by atoms with Crippen molar-refractivity contribution in [1.82, 2.24) is 10.3 Å². The van der Waals surface area contributed by atoms with Gasteiger partial charge in [0.05, 0.1) is 5.02 Å². The summed E-state index contributed by atoms with van der Waals surface area (Å²) in [5, 5.41) is 6.78. The average Bonchev–Trinajstić information content (AvgIpc) is 3.21. The highest BCUT2D eigenvalue weighted by Crippen LogP contribution is 2.29. The van der Waals surface area contributed by atoms with Crippen LogP contribution in [0.4, 0.5) is 5.69 Å². The lowest BCUT2D eigenvalue weighted by Gasteiger charge is -2.15. The molecule has 3 aromatic carbocycles. The first kappa shape index (κ1) is 25.9. The van der Waals surface area contributed by atoms with Gasteiger partial charge in [0.15, 0.2) is 23.2 Å². The molecule has 9 heteroatoms. The number of oxazole rings is 1. The summed E-state index contributed by atoms with van der Waals surface area (Å²) in [6.07, 6.45) is 0.485. The van der Waals surface area contributed by atoms with Crippen LogP contribution in [0, 0.1) is 6.92 Å². The van der Waals surface area contributed by atoms with Gasteiger partial charge < -0.3 is 14.5 Å². The van der Waals surface area contributed by atoms with E-state index in [0.29, 0.717) is 39.2 Å². The van der Waals surface area contributed by atoms with E-state index < -0.39 is 0 Å². The van der Waals surface area contributed by atoms with Crippen LogP contribution in [0.5, 0.6) is 5.75 Å². The molecule has 186 valence electrons. The number of rotatable bonds is 7. The first-order chi connectivity index (χ1) is 17.2. The van der Waals surface area contributed by atoms with Gasteiger partial charge in [-0.15, -0.1) is 0 Å². The van der Waals surface area contributed by atoms with Crippen LogP contribution in [0.25, 0.3) is 11.1 Å². The summed E-state index contributed by atoms with van der Waals surface area (Å²) in [5.41, 5.74) is 4.98. The first-order valence-corrected chi connectivity index (χ1v) is 12.5. The van der Waals surface area contributed by atoms with Gasteiger partial charge in [0.25, 0.3) is 5.91 Å². The Morgan fingerprint density at radius 2 is 1.86 bits per heavy atom. The van der Waals surface area contributed by atoms with Crippen molar-refractivity contribution in [3.05, 3.63) is 87.2 Å². The number of carbonyl (C=O) groups excluding carboxylic acids is 1. The van der Waals surface area contributed by atoms with Crippen molar-refractivity contribution in [2.45, 2.75) is 33.1 Å². The van der Waals surface area contributed by atoms with Crippen LogP contribution >= 0.6 is 35.4 Å². The molecule has 0 saturated carbocycles. The van der Waals surface area contributed by atoms with Gasteiger partial charge in [0.2, 0.25) is 0 Å². The second kappa shape index (κ2) is 11.3. The predicted molar refractivity (Wildman–Crippen MR) is 148 cm³/mol. The van der Waals surface area contributed by atoms with E-state index in [9.17, 15) is 4.79 Å². The second-order valence-corrected chi connectivity index (χ2v) is 9.96. The van der Waals surface area contributed by atoms with Crippen LogP contribution in [-0.4, -0.2) is 22.6 Å². The molecule has 4 rings (SSSR count). The van der Waals surface area contributed by atoms with Crippen molar-refractivity contribution in [2.75, 3.05) is 11.9 Å². The standard InChI is InChI=1S/C27H25Cl2N3O3S/c1-15(2)20-9-4-16(3)10-23(20)34-14-24(33)32-27(36)30-19-7-5-17(6-8-19)11-25-31-22-13-18(28)12-21(29)26(22)35-25/h4-10,12-13,15H,11,14H2,1-3H3,(H2,30,32,33,36). The maximum absolute atomic E-state index is 12.4. The highest BCUT2D eigenvalue weighted by molar-refractivity contribution is 7.80. The maximum atomic E-state index is 12.4. The van der Waals surface area contributed by atoms with Crippen molar-refractivity contribution < 1.29 is 13.9 Å². The fourth-order valence-corrected chi connectivity index (χ4v) is 4.43. The third-order valence-electron chi connectivity index (χ3n) is 5.42. The highest BCUT2D eigenvalue weighted by atomic mass is 35.5. The molecule has 0 spiro atoms. The normalized spacial score (nSPS) is 11.1. The van der Waals surface area contributed by atoms with Gasteiger partial charge in [0, 0.05) is 17.1 Å². The minimum absolute atomic E-state index is 0.135. The Bertz CT molecular complexity index is 1420. The number of nitrogens with one attached hydrogen (secondary N) is 2. The van der Waals surface area contributed by atoms with Crippen LogP contribution in [0.2, 0.25) is 10.0 Å². The van der Waals surface area contributed by atoms with Gasteiger partial charge in [-0.3, -0.25) is 10.1 Å². The number of hydrogen-bond acceptors (Lipinski definition) is 5. The molecular weight excluding hydrogens is 517 g/mol. The van der Waals surface area contributed by atoms with Crippen molar-refractivity contribution in [3.8, 4) is 5.75 Å². The zero-order valence-corrected chi connectivity index (χ0v) is 22.4. The Morgan fingerprint density at radius 1 is 1.11 bits per heavy atom. The Balaban J connectivity index is 1.30. The zero-order chi connectivity index (χ0) is 25.8. The smallest absolute Gasteiger partial charge is 0.264 e. The van der Waals surface area contributed by atoms with Gasteiger partial charge >= 0.3 is 0 Å². The fraction of sp³-hybridized carbons (Fsp3) is 0.222. The molecule has 36 heavy (non-hydrogen) atoms. The summed E-state index contributed by atoms with van der Waals surface area (Å²) in [4.78, 5) is 16.8. The third-order valence-corrected chi connectivity index (χ3v) is 6.13. The largest absolute Gasteiger partial charge is 0.483 e. The van der Waals surface area contributed by atoms with Crippen molar-refractivity contribution in [3.63, 3.8) is 0 Å². The van der Waals surface area contributed by atoms with E-state index in [0.717, 1.165) is 22.4 Å². The summed E-state index contributed by atoms with van der Waals surface area (Å²) in [7, 11) is 0. The first-order valence-electron chi connectivity index (χ1n) is 11.4. The molecule has 0 aliphatic carbocycles. The molecule has 0 radical (unpaired) electrons. The second-order valence-electron chi connectivity index (χ2n) is 8.70. The topological polar surface area (TPSA) is 76.4 Å². The summed E-state index contributed by atoms with van der Waals surface area (Å²) in [6.45, 7) is 6.02. The Hall–Kier alpha value is -3.13. The quantitative estimate of drug-likeness (QED) is 0.244. The maximum Gasteiger partial charge on any atom is 0.264 e. The molecule has 1 aromatic heterocycles. The van der Waals surface area contributed by atoms with E-state index in [-0.39, 0.29) is 23.5 Å². The van der Waals surface area contributed by atoms with Crippen LogP contribution in [-0.2, 0) is 11.2 Å². The molecule has 0 aliphatic heterocycles. The molecule has 6 nitrogen and oxygen atoms in total. The minimum atomic E-state index is -0.338. The third kappa shape index (κ3) is 6.55. The zero-order valence-electron chi connectivity index (χ0n) is 20.0. The van der Waals surface area contributed by atoms with Gasteiger partial charge in [-0.1, -0.05) is 61.3 Å². The number of amides is 1. The Labute approximate surface area is 225 Å². The minimum Gasteiger partial charge on any atom is -0.483 e. The van der Waals surface area contributed by atoms with E-state index in [1.54, 1.807) is 12.1 Å². The van der Waals surface area contributed by atoms with E-state index >= 15 is 0 Å². The van der Waals surface area contributed by atoms with Crippen LogP contribution in [0.15, 0.2) is 59.0 Å². The van der Waals surface area contributed by atoms with E-state index in [1.807, 2.05) is 49.4 Å². The van der Waals surface area contributed by atoms with E-state index in [1.165, 1.54) is 0 Å². The summed E-state index contributed by atoms with van der Waals surface area (Å²) in [6, 6.07) is 16.9. The van der Waals surface area contributed by atoms with Crippen LogP contribution < -0.4 is 15.4 Å². The van der Waals surface area contributed by atoms with Gasteiger partial charge in [-0.25, -0.2) is 4.98 Å². The number of halogens is 2. The molecule has 0 unspecified atom stereocenters. The predicted octanol–water partition coefficient (Wildman–Crippen LogP) is 7.05. The molecule has 0 fully saturated rings. The van der Waals surface area contributed by atoms with Gasteiger partial charge in [0.1, 0.15) is 11.3 Å². The molecule has 4 aromatic rings. The number of aryl methyl sites for hydroxylation is 1. The van der Waals surface area contributed by atoms with Crippen molar-refractivity contribution in [2.24, 2.45) is 0 Å². The lowest BCUT2D eigenvalue weighted by atomic mass is 10.0. The van der Waals surface area contributed by atoms with Crippen LogP contribution in [0.3, 0.4) is 0 Å². The van der Waals surface area contributed by atoms with E-state index in [2.05, 4.69) is 29.5 Å². The fourth-order valence-electron chi connectivity index (χ4n) is 3.67. The molecule has 2 N–H and O–H groups in total. The van der Waals surface area contributed by atoms with E-state index in [4.69, 9.17) is 44.6 Å². The molecule has 0 atom stereocenters. The molecule has 0 saturated heterocycles. The number of thiocarbonyl (C=S) groups is 1. The van der Waals surface area contributed by atoms with Crippen molar-refractivity contribution in [1.29, 1.82) is 0 Å². The number of hydrogen-bond donors (Lipinski definition) is 2. The molecular formula is C27H25Cl2N3O3S. The number of anilines is 1. The highest BCUT2D eigenvalue weighted by Gasteiger charge is 2.13.